The van der Waals surface area contributed by atoms with Gasteiger partial charge in [-0.15, -0.1) is 0 Å². The van der Waals surface area contributed by atoms with Crippen LogP contribution in [-0.4, -0.2) is 178 Å². The van der Waals surface area contributed by atoms with E-state index >= 15 is 4.39 Å². The van der Waals surface area contributed by atoms with Crippen LogP contribution in [0.4, 0.5) is 20.4 Å². The quantitative estimate of drug-likeness (QED) is 0.0533. The molecule has 2 aliphatic rings. The van der Waals surface area contributed by atoms with Gasteiger partial charge in [-0.05, 0) is 61.4 Å². The van der Waals surface area contributed by atoms with E-state index in [-0.39, 0.29) is 87.7 Å². The summed E-state index contributed by atoms with van der Waals surface area (Å²) in [6.07, 6.45) is 3.94. The molecule has 3 heterocycles. The lowest BCUT2D eigenvalue weighted by molar-refractivity contribution is -0.870. The van der Waals surface area contributed by atoms with E-state index in [0.29, 0.717) is 73.5 Å². The summed E-state index contributed by atoms with van der Waals surface area (Å²) in [6, 6.07) is 4.99. The highest BCUT2D eigenvalue weighted by Crippen LogP contribution is 2.33. The summed E-state index contributed by atoms with van der Waals surface area (Å²) in [5.74, 6) is -5.06. The molecular weight excluding hydrogens is 1000 g/mol. The summed E-state index contributed by atoms with van der Waals surface area (Å²) in [6.45, 7) is 6.85. The van der Waals surface area contributed by atoms with Gasteiger partial charge in [-0.1, -0.05) is 13.8 Å². The van der Waals surface area contributed by atoms with E-state index in [1.807, 2.05) is 21.1 Å². The van der Waals surface area contributed by atoms with Crippen molar-refractivity contribution in [3.63, 3.8) is 0 Å². The number of fused-ring (bicyclic) bond motifs is 6. The molecular formula is C51H74F2N9O12S+. The number of anilines is 2. The second-order valence-electron chi connectivity index (χ2n) is 19.7. The van der Waals surface area contributed by atoms with Crippen LogP contribution in [0.3, 0.4) is 0 Å². The number of carbonyl (C=O) groups excluding carboxylic acids is 5. The highest BCUT2D eigenvalue weighted by atomic mass is 32.2. The maximum Gasteiger partial charge on any atom is 0.308 e. The zero-order valence-electron chi connectivity index (χ0n) is 43.9. The number of carbonyl (C=O) groups is 5. The number of rotatable bonds is 25. The van der Waals surface area contributed by atoms with Crippen LogP contribution in [0.1, 0.15) is 64.4 Å². The Kier molecular flexibility index (Phi) is 23.5. The van der Waals surface area contributed by atoms with Gasteiger partial charge in [0.05, 0.1) is 115 Å². The van der Waals surface area contributed by atoms with E-state index in [9.17, 15) is 32.6 Å². The number of aromatic nitrogens is 2. The van der Waals surface area contributed by atoms with Crippen molar-refractivity contribution < 1.29 is 69.9 Å². The van der Waals surface area contributed by atoms with Crippen molar-refractivity contribution in [2.75, 3.05) is 112 Å². The number of hydrogen-bond donors (Lipinski definition) is 4. The normalized spacial score (nSPS) is 16.3. The zero-order valence-corrected chi connectivity index (χ0v) is 44.7. The van der Waals surface area contributed by atoms with Gasteiger partial charge in [0.2, 0.25) is 23.7 Å². The van der Waals surface area contributed by atoms with E-state index < -0.39 is 81.4 Å². The van der Waals surface area contributed by atoms with Crippen LogP contribution in [0, 0.1) is 17.6 Å². The summed E-state index contributed by atoms with van der Waals surface area (Å²) >= 11 is 0. The number of esters is 1. The van der Waals surface area contributed by atoms with Gasteiger partial charge >= 0.3 is 5.97 Å². The number of likely N-dealkylation sites (tertiary alicyclic amines) is 1. The molecule has 3 aromatic rings. The van der Waals surface area contributed by atoms with Crippen molar-refractivity contribution in [2.45, 2.75) is 82.7 Å². The standard InChI is InChI=1S/C51H73F2N9O12S/c1-34(2)46(49(66)60-75(6,68)33-35-27-37-30-38(28-35)72-18-7-8-19-73-43-29-36(52)12-13-39(43)47-40(53)32-55-51(56-37)59-47)58-48(65)42-11-9-16-61(42)50(67)41(31-45(64)74-20-10-17-62(3,4)5)57-44(63)14-21-69-23-25-71-26-24-70-22-15-54/h12-13,27-30,32,34,41-42,46H,7-11,14-26,31,33,54H2,1-6H3,(H2-,55,56,57,58,59,63,65)/p+1/t41-,42-,46-,75+/m0/s1. The molecule has 1 fully saturated rings. The summed E-state index contributed by atoms with van der Waals surface area (Å²) in [5.41, 5.74) is 6.34. The van der Waals surface area contributed by atoms with Gasteiger partial charge in [0, 0.05) is 55.6 Å². The Balaban J connectivity index is 1.27. The number of quaternary nitrogens is 1. The molecule has 2 aromatic carbocycles. The molecule has 0 aliphatic carbocycles. The smallest absolute Gasteiger partial charge is 0.308 e. The average molecular weight is 1080 g/mol. The minimum atomic E-state index is -3.35. The summed E-state index contributed by atoms with van der Waals surface area (Å²) in [5, 5.41) is 8.43. The second kappa shape index (κ2) is 29.4. The third-order valence-electron chi connectivity index (χ3n) is 11.7. The fourth-order valence-corrected chi connectivity index (χ4v) is 9.44. The Morgan fingerprint density at radius 3 is 2.35 bits per heavy atom. The Labute approximate surface area is 438 Å². The molecule has 1 saturated heterocycles. The monoisotopic (exact) mass is 1070 g/mol. The van der Waals surface area contributed by atoms with E-state index in [1.54, 1.807) is 32.0 Å². The number of hydrogen-bond acceptors (Lipinski definition) is 16. The molecule has 24 heteroatoms. The van der Waals surface area contributed by atoms with Gasteiger partial charge in [-0.3, -0.25) is 24.0 Å². The highest BCUT2D eigenvalue weighted by Gasteiger charge is 2.40. The van der Waals surface area contributed by atoms with Gasteiger partial charge in [0.15, 0.2) is 5.82 Å². The van der Waals surface area contributed by atoms with Crippen molar-refractivity contribution in [2.24, 2.45) is 16.0 Å². The van der Waals surface area contributed by atoms with E-state index in [2.05, 4.69) is 30.3 Å². The molecule has 0 unspecified atom stereocenters. The van der Waals surface area contributed by atoms with Crippen LogP contribution in [0.2, 0.25) is 0 Å². The van der Waals surface area contributed by atoms with Gasteiger partial charge < -0.3 is 59.5 Å². The molecule has 0 radical (unpaired) electrons. The Morgan fingerprint density at radius 2 is 1.64 bits per heavy atom. The van der Waals surface area contributed by atoms with Gasteiger partial charge in [-0.25, -0.2) is 23.0 Å². The predicted molar refractivity (Wildman–Crippen MR) is 275 cm³/mol. The first-order chi connectivity index (χ1) is 35.7. The first kappa shape index (κ1) is 60.0. The molecule has 0 saturated carbocycles. The fourth-order valence-electron chi connectivity index (χ4n) is 8.09. The van der Waals surface area contributed by atoms with E-state index in [0.717, 1.165) is 12.7 Å². The van der Waals surface area contributed by atoms with Gasteiger partial charge in [0.1, 0.15) is 41.1 Å². The maximum atomic E-state index is 15.2. The molecule has 2 aliphatic heterocycles. The third kappa shape index (κ3) is 20.3. The molecule has 75 heavy (non-hydrogen) atoms. The number of nitrogens with one attached hydrogen (secondary N) is 3. The predicted octanol–water partition coefficient (Wildman–Crippen LogP) is 3.89. The second-order valence-corrected chi connectivity index (χ2v) is 22.1. The summed E-state index contributed by atoms with van der Waals surface area (Å²) < 4.78 is 82.0. The van der Waals surface area contributed by atoms with Crippen LogP contribution in [0.15, 0.2) is 47.0 Å². The van der Waals surface area contributed by atoms with E-state index in [1.165, 1.54) is 29.4 Å². The maximum absolute atomic E-state index is 15.2. The van der Waals surface area contributed by atoms with Crippen LogP contribution in [0.25, 0.3) is 11.3 Å². The number of ether oxygens (including phenoxy) is 6. The molecule has 4 atom stereocenters. The highest BCUT2D eigenvalue weighted by molar-refractivity contribution is 7.92. The fraction of sp³-hybridized carbons (Fsp3) is 0.588. The molecule has 4 amide bonds. The first-order valence-corrected chi connectivity index (χ1v) is 27.3. The molecule has 0 spiro atoms. The molecule has 5 N–H and O–H groups in total. The number of benzene rings is 2. The third-order valence-corrected chi connectivity index (χ3v) is 13.2. The first-order valence-electron chi connectivity index (χ1n) is 25.2. The van der Waals surface area contributed by atoms with Gasteiger partial charge in [0.25, 0.3) is 5.91 Å². The van der Waals surface area contributed by atoms with Crippen molar-refractivity contribution in [3.8, 4) is 22.8 Å². The summed E-state index contributed by atoms with van der Waals surface area (Å²) in [4.78, 5) is 78.4. The number of halogens is 2. The Morgan fingerprint density at radius 1 is 0.933 bits per heavy atom. The lowest BCUT2D eigenvalue weighted by Gasteiger charge is -2.30. The number of nitrogens with two attached hydrogens (primary N) is 1. The topological polar surface area (TPSA) is 261 Å². The van der Waals surface area contributed by atoms with Crippen molar-refractivity contribution in [3.05, 3.63) is 59.8 Å². The average Bonchev–Trinajstić information content (AvgIpc) is 3.83. The van der Waals surface area contributed by atoms with Crippen molar-refractivity contribution >= 4 is 51.0 Å². The van der Waals surface area contributed by atoms with Gasteiger partial charge in [-0.2, -0.15) is 4.36 Å². The Hall–Kier alpha value is -5.92. The lowest BCUT2D eigenvalue weighted by Crippen LogP contribution is -2.56. The Bertz CT molecular complexity index is 2540. The van der Waals surface area contributed by atoms with Crippen LogP contribution in [0.5, 0.6) is 11.5 Å². The van der Waals surface area contributed by atoms with Crippen LogP contribution in [-0.2, 0) is 58.4 Å². The molecule has 4 bridgehead atoms. The lowest BCUT2D eigenvalue weighted by atomic mass is 10.0. The largest absolute Gasteiger partial charge is 0.494 e. The zero-order chi connectivity index (χ0) is 54.5. The van der Waals surface area contributed by atoms with E-state index in [4.69, 9.17) is 34.2 Å². The molecule has 414 valence electrons. The molecule has 1 aromatic heterocycles. The summed E-state index contributed by atoms with van der Waals surface area (Å²) in [7, 11) is 2.67. The minimum absolute atomic E-state index is 0.00860. The molecule has 21 nitrogen and oxygen atoms in total. The van der Waals surface area contributed by atoms with Crippen LogP contribution >= 0.6 is 0 Å². The number of nitrogens with zero attached hydrogens (tertiary/aromatic N) is 5. The van der Waals surface area contributed by atoms with Crippen molar-refractivity contribution in [1.29, 1.82) is 0 Å². The SMILES string of the molecule is CC(C)[C@H](NC(=O)[C@@H]1CCCN1C(=O)[C@H](CC(=O)OCCC[N+](C)(C)C)NC(=O)CCOCCOCCOCCN)C(=O)N=[S@](C)(=O)Cc1cc2cc(c1)OCCCCOc1cc(F)ccc1-c1nc(ncc1F)N2. The molecule has 5 rings (SSSR count). The van der Waals surface area contributed by atoms with Crippen LogP contribution < -0.4 is 31.2 Å². The van der Waals surface area contributed by atoms with Crippen molar-refractivity contribution in [1.82, 2.24) is 25.5 Å². The minimum Gasteiger partial charge on any atom is -0.494 e. The number of amides is 4.